The van der Waals surface area contributed by atoms with E-state index in [1.165, 1.54) is 19.2 Å². The highest BCUT2D eigenvalue weighted by Gasteiger charge is 2.47. The number of esters is 1. The third-order valence-corrected chi connectivity index (χ3v) is 9.95. The fourth-order valence-corrected chi connectivity index (χ4v) is 7.34. The zero-order chi connectivity index (χ0) is 31.1. The Bertz CT molecular complexity index is 1880. The van der Waals surface area contributed by atoms with E-state index in [9.17, 15) is 22.9 Å². The van der Waals surface area contributed by atoms with Crippen LogP contribution in [0.25, 0.3) is 22.2 Å². The van der Waals surface area contributed by atoms with Crippen LogP contribution >= 0.6 is 0 Å². The molecule has 2 heterocycles. The van der Waals surface area contributed by atoms with Crippen LogP contribution in [0.4, 0.5) is 19.0 Å². The van der Waals surface area contributed by atoms with Crippen molar-refractivity contribution < 1.29 is 31.1 Å². The molecule has 2 aromatic heterocycles. The van der Waals surface area contributed by atoms with E-state index in [4.69, 9.17) is 4.74 Å². The van der Waals surface area contributed by atoms with Crippen LogP contribution in [-0.2, 0) is 19.6 Å². The summed E-state index contributed by atoms with van der Waals surface area (Å²) in [6, 6.07) is 9.61. The molecule has 224 valence electrons. The second kappa shape index (κ2) is 11.4. The first kappa shape index (κ1) is 30.1. The number of aromatic nitrogens is 2. The Labute approximate surface area is 247 Å². The minimum absolute atomic E-state index is 0.0953. The average Bonchev–Trinajstić information content (AvgIpc) is 3.38. The van der Waals surface area contributed by atoms with Crippen LogP contribution in [0.2, 0.25) is 0 Å². The molecule has 1 fully saturated rings. The first-order chi connectivity index (χ1) is 20.5. The van der Waals surface area contributed by atoms with Crippen molar-refractivity contribution in [1.29, 1.82) is 5.26 Å². The number of anilines is 1. The fraction of sp³-hybridized carbons (Fsp3) is 0.323. The van der Waals surface area contributed by atoms with Gasteiger partial charge in [-0.05, 0) is 50.5 Å². The summed E-state index contributed by atoms with van der Waals surface area (Å²) in [6.07, 6.45) is 4.06. The standard InChI is InChI=1S/C31H29F3N4O4S/c1-4-31(30(39)42-3)12-6-5-7-26(31)36-29-25(34)13-19(16-35)27(37-29)23-17-38(28-22(23)14-20(32)15-24(28)33)43(40,41)21-10-8-18(2)9-11-21/h8-11,13-15,17,26H,4-7,12H2,1-3H3,(H,36,37). The van der Waals surface area contributed by atoms with E-state index in [0.717, 1.165) is 36.7 Å². The Morgan fingerprint density at radius 3 is 2.53 bits per heavy atom. The van der Waals surface area contributed by atoms with Crippen LogP contribution in [0, 0.1) is 41.1 Å². The maximum atomic E-state index is 15.4. The van der Waals surface area contributed by atoms with Gasteiger partial charge < -0.3 is 10.1 Å². The SMILES string of the molecule is CCC1(C(=O)OC)CCCCC1Nc1nc(-c2cn(S(=O)(=O)c3ccc(C)cc3)c3c(F)cc(F)cc23)c(C#N)cc1F. The number of halogens is 3. The summed E-state index contributed by atoms with van der Waals surface area (Å²) in [4.78, 5) is 17.1. The Morgan fingerprint density at radius 1 is 1.16 bits per heavy atom. The number of fused-ring (bicyclic) bond motifs is 1. The van der Waals surface area contributed by atoms with Gasteiger partial charge in [0.15, 0.2) is 17.5 Å². The van der Waals surface area contributed by atoms with Crippen molar-refractivity contribution in [3.05, 3.63) is 77.2 Å². The predicted molar refractivity (Wildman–Crippen MR) is 154 cm³/mol. The summed E-state index contributed by atoms with van der Waals surface area (Å²) in [5, 5.41) is 12.7. The normalized spacial score (nSPS) is 18.8. The highest BCUT2D eigenvalue weighted by atomic mass is 32.2. The van der Waals surface area contributed by atoms with Crippen LogP contribution in [0.5, 0.6) is 0 Å². The smallest absolute Gasteiger partial charge is 0.313 e. The van der Waals surface area contributed by atoms with Gasteiger partial charge in [-0.25, -0.2) is 30.5 Å². The van der Waals surface area contributed by atoms with Gasteiger partial charge in [-0.15, -0.1) is 0 Å². The minimum atomic E-state index is -4.39. The first-order valence-corrected chi connectivity index (χ1v) is 15.2. The van der Waals surface area contributed by atoms with E-state index in [0.29, 0.717) is 29.3 Å². The van der Waals surface area contributed by atoms with Crippen molar-refractivity contribution in [3.63, 3.8) is 0 Å². The lowest BCUT2D eigenvalue weighted by atomic mass is 9.68. The number of aryl methyl sites for hydroxylation is 1. The molecule has 4 aromatic rings. The van der Waals surface area contributed by atoms with Crippen molar-refractivity contribution in [2.24, 2.45) is 5.41 Å². The van der Waals surface area contributed by atoms with Crippen molar-refractivity contribution >= 4 is 32.7 Å². The molecule has 12 heteroatoms. The predicted octanol–water partition coefficient (Wildman–Crippen LogP) is 6.46. The average molecular weight is 611 g/mol. The number of ether oxygens (including phenoxy) is 1. The van der Waals surface area contributed by atoms with E-state index in [1.54, 1.807) is 19.1 Å². The number of pyridine rings is 1. The number of nitriles is 1. The molecule has 2 atom stereocenters. The van der Waals surface area contributed by atoms with Gasteiger partial charge in [0, 0.05) is 29.3 Å². The van der Waals surface area contributed by atoms with Crippen LogP contribution < -0.4 is 5.32 Å². The number of rotatable bonds is 7. The number of carbonyl (C=O) groups excluding carboxylic acids is 1. The van der Waals surface area contributed by atoms with E-state index in [-0.39, 0.29) is 32.9 Å². The molecule has 1 aliphatic rings. The lowest BCUT2D eigenvalue weighted by Gasteiger charge is -2.41. The van der Waals surface area contributed by atoms with Crippen molar-refractivity contribution in [2.75, 3.05) is 12.4 Å². The lowest BCUT2D eigenvalue weighted by molar-refractivity contribution is -0.155. The lowest BCUT2D eigenvalue weighted by Crippen LogP contribution is -2.49. The van der Waals surface area contributed by atoms with Crippen molar-refractivity contribution in [1.82, 2.24) is 8.96 Å². The molecule has 1 N–H and O–H groups in total. The number of hydrogen-bond donors (Lipinski definition) is 1. The molecule has 43 heavy (non-hydrogen) atoms. The van der Waals surface area contributed by atoms with Crippen LogP contribution in [0.15, 0.2) is 53.6 Å². The number of nitrogens with one attached hydrogen (secondary N) is 1. The molecule has 0 amide bonds. The number of methoxy groups -OCH3 is 1. The summed E-state index contributed by atoms with van der Waals surface area (Å²) in [5.41, 5.74) is -1.16. The van der Waals surface area contributed by atoms with Gasteiger partial charge in [-0.3, -0.25) is 4.79 Å². The van der Waals surface area contributed by atoms with Gasteiger partial charge in [0.1, 0.15) is 17.4 Å². The quantitative estimate of drug-likeness (QED) is 0.239. The monoisotopic (exact) mass is 610 g/mol. The highest BCUT2D eigenvalue weighted by molar-refractivity contribution is 7.90. The Balaban J connectivity index is 1.71. The first-order valence-electron chi connectivity index (χ1n) is 13.7. The molecule has 0 spiro atoms. The second-order valence-electron chi connectivity index (χ2n) is 10.7. The molecule has 1 aliphatic carbocycles. The number of carbonyl (C=O) groups is 1. The minimum Gasteiger partial charge on any atom is -0.469 e. The number of benzene rings is 2. The van der Waals surface area contributed by atoms with Crippen LogP contribution in [0.3, 0.4) is 0 Å². The maximum Gasteiger partial charge on any atom is 0.313 e. The molecule has 2 aromatic carbocycles. The topological polar surface area (TPSA) is 114 Å². The largest absolute Gasteiger partial charge is 0.469 e. The zero-order valence-corrected chi connectivity index (χ0v) is 24.6. The maximum absolute atomic E-state index is 15.4. The molecule has 1 saturated carbocycles. The second-order valence-corrected chi connectivity index (χ2v) is 12.5. The van der Waals surface area contributed by atoms with E-state index in [2.05, 4.69) is 10.3 Å². The highest BCUT2D eigenvalue weighted by Crippen LogP contribution is 2.43. The summed E-state index contributed by atoms with van der Waals surface area (Å²) in [7, 11) is -3.10. The summed E-state index contributed by atoms with van der Waals surface area (Å²) in [5.74, 6) is -3.74. The molecule has 2 unspecified atom stereocenters. The van der Waals surface area contributed by atoms with Gasteiger partial charge in [0.2, 0.25) is 0 Å². The third kappa shape index (κ3) is 5.12. The van der Waals surface area contributed by atoms with Gasteiger partial charge in [-0.2, -0.15) is 5.26 Å². The molecule has 0 aliphatic heterocycles. The Hall–Kier alpha value is -4.37. The van der Waals surface area contributed by atoms with E-state index < -0.39 is 50.4 Å². The molecular weight excluding hydrogens is 581 g/mol. The third-order valence-electron chi connectivity index (χ3n) is 8.28. The van der Waals surface area contributed by atoms with Crippen LogP contribution in [0.1, 0.15) is 50.2 Å². The number of nitrogens with zero attached hydrogens (tertiary/aromatic N) is 3. The Kier molecular flexibility index (Phi) is 7.96. The van der Waals surface area contributed by atoms with Crippen molar-refractivity contribution in [2.45, 2.75) is 56.9 Å². The molecular formula is C31H29F3N4O4S. The van der Waals surface area contributed by atoms with Gasteiger partial charge in [-0.1, -0.05) is 37.5 Å². The zero-order valence-electron chi connectivity index (χ0n) is 23.7. The molecule has 0 bridgehead atoms. The van der Waals surface area contributed by atoms with Gasteiger partial charge in [0.05, 0.1) is 28.7 Å². The molecule has 0 saturated heterocycles. The molecule has 5 rings (SSSR count). The summed E-state index contributed by atoms with van der Waals surface area (Å²) < 4.78 is 78.4. The summed E-state index contributed by atoms with van der Waals surface area (Å²) in [6.45, 7) is 3.62. The van der Waals surface area contributed by atoms with Gasteiger partial charge >= 0.3 is 5.97 Å². The summed E-state index contributed by atoms with van der Waals surface area (Å²) >= 11 is 0. The van der Waals surface area contributed by atoms with E-state index >= 15 is 8.78 Å². The number of hydrogen-bond acceptors (Lipinski definition) is 7. The van der Waals surface area contributed by atoms with Gasteiger partial charge in [0.25, 0.3) is 10.0 Å². The van der Waals surface area contributed by atoms with Crippen LogP contribution in [-0.4, -0.2) is 36.5 Å². The van der Waals surface area contributed by atoms with Crippen molar-refractivity contribution in [3.8, 4) is 17.3 Å². The fourth-order valence-electron chi connectivity index (χ4n) is 5.96. The molecule has 0 radical (unpaired) electrons. The Morgan fingerprint density at radius 2 is 1.88 bits per heavy atom. The molecule has 8 nitrogen and oxygen atoms in total. The van der Waals surface area contributed by atoms with E-state index in [1.807, 2.05) is 13.0 Å².